The van der Waals surface area contributed by atoms with Gasteiger partial charge in [-0.3, -0.25) is 4.90 Å². The molecule has 1 fully saturated rings. The maximum atomic E-state index is 11.6. The Morgan fingerprint density at radius 2 is 1.63 bits per heavy atom. The standard InChI is InChI=1S/C15H16N4O2.C6H6/c1-11(12-5-3-2-4-6-12)17-14-16-8-7-13(18-14)19-9-10-21-15(19)20;1-2-4-6-5-3-1/h2-8,11H,9-10H2,1H3,(H,16,17,18);1-6H/t11-;/m1./s1. The van der Waals surface area contributed by atoms with Gasteiger partial charge in [-0.2, -0.15) is 4.98 Å². The fourth-order valence-corrected chi connectivity index (χ4v) is 2.57. The molecule has 1 atom stereocenters. The number of hydrogen-bond donors (Lipinski definition) is 1. The molecule has 6 heteroatoms. The SMILES string of the molecule is C[C@@H](Nc1nccc(N2CCOC2=O)n1)c1ccccc1.c1ccccc1. The molecule has 138 valence electrons. The lowest BCUT2D eigenvalue weighted by molar-refractivity contribution is 0.181. The molecule has 2 aromatic carbocycles. The highest BCUT2D eigenvalue weighted by Crippen LogP contribution is 2.20. The Hall–Kier alpha value is -3.41. The molecule has 1 amide bonds. The monoisotopic (exact) mass is 362 g/mol. The average molecular weight is 362 g/mol. The van der Waals surface area contributed by atoms with E-state index in [9.17, 15) is 4.79 Å². The number of benzene rings is 2. The second kappa shape index (κ2) is 9.33. The van der Waals surface area contributed by atoms with Crippen LogP contribution in [0.25, 0.3) is 0 Å². The highest BCUT2D eigenvalue weighted by atomic mass is 16.6. The van der Waals surface area contributed by atoms with E-state index in [0.717, 1.165) is 5.56 Å². The van der Waals surface area contributed by atoms with Gasteiger partial charge >= 0.3 is 6.09 Å². The summed E-state index contributed by atoms with van der Waals surface area (Å²) in [6, 6.07) is 23.8. The van der Waals surface area contributed by atoms with Crippen molar-refractivity contribution in [3.63, 3.8) is 0 Å². The summed E-state index contributed by atoms with van der Waals surface area (Å²) in [4.78, 5) is 21.6. The van der Waals surface area contributed by atoms with Crippen LogP contribution < -0.4 is 10.2 Å². The van der Waals surface area contributed by atoms with E-state index in [0.29, 0.717) is 24.9 Å². The zero-order valence-corrected chi connectivity index (χ0v) is 15.2. The largest absolute Gasteiger partial charge is 0.447 e. The van der Waals surface area contributed by atoms with E-state index in [1.165, 1.54) is 4.90 Å². The lowest BCUT2D eigenvalue weighted by atomic mass is 10.1. The second-order valence-electron chi connectivity index (χ2n) is 5.94. The normalized spacial score (nSPS) is 14.0. The average Bonchev–Trinajstić information content (AvgIpc) is 3.16. The molecule has 6 nitrogen and oxygen atoms in total. The van der Waals surface area contributed by atoms with E-state index in [-0.39, 0.29) is 12.1 Å². The molecule has 1 N–H and O–H groups in total. The van der Waals surface area contributed by atoms with E-state index in [4.69, 9.17) is 4.74 Å². The summed E-state index contributed by atoms with van der Waals surface area (Å²) < 4.78 is 4.92. The molecule has 0 aliphatic carbocycles. The third-order valence-corrected chi connectivity index (χ3v) is 3.99. The van der Waals surface area contributed by atoms with Crippen molar-refractivity contribution in [2.75, 3.05) is 23.4 Å². The van der Waals surface area contributed by atoms with Gasteiger partial charge in [0.25, 0.3) is 0 Å². The van der Waals surface area contributed by atoms with Crippen molar-refractivity contribution in [1.29, 1.82) is 0 Å². The predicted octanol–water partition coefficient (Wildman–Crippen LogP) is 4.29. The van der Waals surface area contributed by atoms with E-state index >= 15 is 0 Å². The lowest BCUT2D eigenvalue weighted by Crippen LogP contribution is -2.25. The van der Waals surface area contributed by atoms with Crippen LogP contribution in [0.3, 0.4) is 0 Å². The summed E-state index contributed by atoms with van der Waals surface area (Å²) in [5.74, 6) is 1.04. The van der Waals surface area contributed by atoms with Crippen molar-refractivity contribution in [3.05, 3.63) is 84.6 Å². The fourth-order valence-electron chi connectivity index (χ4n) is 2.57. The summed E-state index contributed by atoms with van der Waals surface area (Å²) in [5, 5.41) is 3.24. The quantitative estimate of drug-likeness (QED) is 0.750. The van der Waals surface area contributed by atoms with Gasteiger partial charge in [-0.1, -0.05) is 66.7 Å². The summed E-state index contributed by atoms with van der Waals surface area (Å²) in [7, 11) is 0. The number of aromatic nitrogens is 2. The van der Waals surface area contributed by atoms with Gasteiger partial charge in [0.1, 0.15) is 12.4 Å². The second-order valence-corrected chi connectivity index (χ2v) is 5.94. The van der Waals surface area contributed by atoms with Crippen LogP contribution >= 0.6 is 0 Å². The minimum absolute atomic E-state index is 0.0759. The van der Waals surface area contributed by atoms with Crippen molar-refractivity contribution in [3.8, 4) is 0 Å². The highest BCUT2D eigenvalue weighted by molar-refractivity contribution is 5.88. The molecule has 0 unspecified atom stereocenters. The third kappa shape index (κ3) is 5.28. The minimum Gasteiger partial charge on any atom is -0.447 e. The number of amides is 1. The van der Waals surface area contributed by atoms with Crippen LogP contribution in [0.1, 0.15) is 18.5 Å². The number of ether oxygens (including phenoxy) is 1. The maximum absolute atomic E-state index is 11.6. The van der Waals surface area contributed by atoms with Crippen LogP contribution in [0.15, 0.2) is 79.0 Å². The Labute approximate surface area is 158 Å². The Morgan fingerprint density at radius 1 is 1.00 bits per heavy atom. The fraction of sp³-hybridized carbons (Fsp3) is 0.190. The number of carbonyl (C=O) groups is 1. The Kier molecular flexibility index (Phi) is 6.35. The number of hydrogen-bond acceptors (Lipinski definition) is 5. The number of rotatable bonds is 4. The predicted molar refractivity (Wildman–Crippen MR) is 106 cm³/mol. The topological polar surface area (TPSA) is 67.3 Å². The number of nitrogens with one attached hydrogen (secondary N) is 1. The minimum atomic E-state index is -0.365. The van der Waals surface area contributed by atoms with Crippen LogP contribution in [0.5, 0.6) is 0 Å². The summed E-state index contributed by atoms with van der Waals surface area (Å²) >= 11 is 0. The molecule has 1 aliphatic rings. The van der Waals surface area contributed by atoms with Crippen molar-refractivity contribution < 1.29 is 9.53 Å². The molecule has 0 bridgehead atoms. The first kappa shape index (κ1) is 18.4. The smallest absolute Gasteiger partial charge is 0.415 e. The van der Waals surface area contributed by atoms with Gasteiger partial charge in [0, 0.05) is 6.20 Å². The van der Waals surface area contributed by atoms with Crippen molar-refractivity contribution in [1.82, 2.24) is 9.97 Å². The first-order chi connectivity index (χ1) is 13.2. The van der Waals surface area contributed by atoms with E-state index in [2.05, 4.69) is 15.3 Å². The maximum Gasteiger partial charge on any atom is 0.415 e. The van der Waals surface area contributed by atoms with E-state index < -0.39 is 0 Å². The van der Waals surface area contributed by atoms with E-state index in [1.807, 2.05) is 73.7 Å². The number of anilines is 2. The molecule has 27 heavy (non-hydrogen) atoms. The molecule has 1 saturated heterocycles. The summed E-state index contributed by atoms with van der Waals surface area (Å²) in [6.45, 7) is 2.95. The van der Waals surface area contributed by atoms with Gasteiger partial charge in [0.2, 0.25) is 5.95 Å². The molecule has 0 radical (unpaired) electrons. The summed E-state index contributed by atoms with van der Waals surface area (Å²) in [5.41, 5.74) is 1.15. The van der Waals surface area contributed by atoms with Gasteiger partial charge in [-0.25, -0.2) is 9.78 Å². The zero-order chi connectivity index (χ0) is 18.9. The molecule has 1 aliphatic heterocycles. The number of cyclic esters (lactones) is 1. The molecule has 2 heterocycles. The van der Waals surface area contributed by atoms with Crippen LogP contribution in [0, 0.1) is 0 Å². The van der Waals surface area contributed by atoms with Crippen molar-refractivity contribution >= 4 is 17.9 Å². The number of carbonyl (C=O) groups excluding carboxylic acids is 1. The van der Waals surface area contributed by atoms with Gasteiger partial charge in [0.05, 0.1) is 12.6 Å². The Morgan fingerprint density at radius 3 is 2.22 bits per heavy atom. The van der Waals surface area contributed by atoms with E-state index in [1.54, 1.807) is 12.3 Å². The highest BCUT2D eigenvalue weighted by Gasteiger charge is 2.25. The molecular weight excluding hydrogens is 340 g/mol. The molecule has 4 rings (SSSR count). The summed E-state index contributed by atoms with van der Waals surface area (Å²) in [6.07, 6.45) is 1.27. The Balaban J connectivity index is 0.000000299. The zero-order valence-electron chi connectivity index (χ0n) is 15.2. The third-order valence-electron chi connectivity index (χ3n) is 3.99. The van der Waals surface area contributed by atoms with Gasteiger partial charge < -0.3 is 10.1 Å². The molecular formula is C21H22N4O2. The van der Waals surface area contributed by atoms with Crippen LogP contribution in [-0.2, 0) is 4.74 Å². The lowest BCUT2D eigenvalue weighted by Gasteiger charge is -2.16. The van der Waals surface area contributed by atoms with Crippen LogP contribution in [0.2, 0.25) is 0 Å². The van der Waals surface area contributed by atoms with Crippen LogP contribution in [0.4, 0.5) is 16.6 Å². The molecule has 1 aromatic heterocycles. The van der Waals surface area contributed by atoms with Gasteiger partial charge in [-0.15, -0.1) is 0 Å². The van der Waals surface area contributed by atoms with Gasteiger partial charge in [0.15, 0.2) is 0 Å². The van der Waals surface area contributed by atoms with Crippen molar-refractivity contribution in [2.45, 2.75) is 13.0 Å². The number of nitrogens with zero attached hydrogens (tertiary/aromatic N) is 3. The first-order valence-electron chi connectivity index (χ1n) is 8.83. The molecule has 0 spiro atoms. The van der Waals surface area contributed by atoms with Crippen LogP contribution in [-0.4, -0.2) is 29.2 Å². The van der Waals surface area contributed by atoms with Gasteiger partial charge in [-0.05, 0) is 18.6 Å². The van der Waals surface area contributed by atoms with Crippen molar-refractivity contribution in [2.24, 2.45) is 0 Å². The molecule has 3 aromatic rings. The molecule has 0 saturated carbocycles. The Bertz CT molecular complexity index is 816. The first-order valence-corrected chi connectivity index (χ1v) is 8.83.